The Labute approximate surface area is 116 Å². The molecule has 0 aliphatic heterocycles. The van der Waals surface area contributed by atoms with Crippen molar-refractivity contribution in [3.8, 4) is 11.5 Å². The number of methoxy groups -OCH3 is 1. The number of benzene rings is 1. The van der Waals surface area contributed by atoms with Gasteiger partial charge in [0.1, 0.15) is 6.61 Å². The number of ether oxygens (including phenoxy) is 2. The Balaban J connectivity index is 2.82. The van der Waals surface area contributed by atoms with E-state index >= 15 is 0 Å². The summed E-state index contributed by atoms with van der Waals surface area (Å²) in [6, 6.07) is 3.45. The lowest BCUT2D eigenvalue weighted by Gasteiger charge is -2.13. The summed E-state index contributed by atoms with van der Waals surface area (Å²) in [4.78, 5) is 10.4. The fourth-order valence-corrected chi connectivity index (χ4v) is 1.76. The zero-order chi connectivity index (χ0) is 14.3. The van der Waals surface area contributed by atoms with Crippen molar-refractivity contribution in [2.24, 2.45) is 0 Å². The Bertz CT molecular complexity index is 462. The van der Waals surface area contributed by atoms with E-state index in [1.807, 2.05) is 0 Å². The van der Waals surface area contributed by atoms with Gasteiger partial charge in [-0.2, -0.15) is 0 Å². The molecular weight excluding hydrogens is 270 g/mol. The number of nitrogens with one attached hydrogen (secondary N) is 1. The van der Waals surface area contributed by atoms with E-state index in [1.165, 1.54) is 7.11 Å². The predicted molar refractivity (Wildman–Crippen MR) is 73.0 cm³/mol. The Morgan fingerprint density at radius 1 is 1.58 bits per heavy atom. The minimum Gasteiger partial charge on any atom is -0.493 e. The second-order valence-corrected chi connectivity index (χ2v) is 4.11. The molecule has 6 heteroatoms. The van der Waals surface area contributed by atoms with Crippen molar-refractivity contribution in [2.75, 3.05) is 20.3 Å². The van der Waals surface area contributed by atoms with Gasteiger partial charge in [-0.1, -0.05) is 24.3 Å². The van der Waals surface area contributed by atoms with Crippen molar-refractivity contribution in [3.63, 3.8) is 0 Å². The summed E-state index contributed by atoms with van der Waals surface area (Å²) in [6.45, 7) is 4.15. The predicted octanol–water partition coefficient (Wildman–Crippen LogP) is 2.09. The quantitative estimate of drug-likeness (QED) is 0.716. The summed E-state index contributed by atoms with van der Waals surface area (Å²) < 4.78 is 10.6. The number of carboxylic acid groups (broad SMARTS) is 1. The molecule has 2 N–H and O–H groups in total. The van der Waals surface area contributed by atoms with Gasteiger partial charge >= 0.3 is 5.97 Å². The lowest BCUT2D eigenvalue weighted by molar-refractivity contribution is -0.135. The fourth-order valence-electron chi connectivity index (χ4n) is 1.47. The van der Waals surface area contributed by atoms with E-state index in [4.69, 9.17) is 26.2 Å². The van der Waals surface area contributed by atoms with Gasteiger partial charge in [0, 0.05) is 6.54 Å². The van der Waals surface area contributed by atoms with Crippen molar-refractivity contribution >= 4 is 17.6 Å². The highest BCUT2D eigenvalue weighted by Crippen LogP contribution is 2.36. The number of aliphatic carboxylic acids is 1. The number of hydrogen-bond donors (Lipinski definition) is 2. The molecule has 5 nitrogen and oxygen atoms in total. The van der Waals surface area contributed by atoms with Crippen LogP contribution in [0.15, 0.2) is 24.8 Å². The Kier molecular flexibility index (Phi) is 6.18. The maximum atomic E-state index is 10.4. The lowest BCUT2D eigenvalue weighted by atomic mass is 10.2. The normalized spacial score (nSPS) is 10.0. The van der Waals surface area contributed by atoms with Gasteiger partial charge in [0.15, 0.2) is 11.5 Å². The molecule has 0 radical (unpaired) electrons. The third-order valence-electron chi connectivity index (χ3n) is 2.24. The van der Waals surface area contributed by atoms with Crippen molar-refractivity contribution in [1.82, 2.24) is 5.32 Å². The van der Waals surface area contributed by atoms with E-state index in [2.05, 4.69) is 11.9 Å². The van der Waals surface area contributed by atoms with Gasteiger partial charge in [0.25, 0.3) is 0 Å². The van der Waals surface area contributed by atoms with Crippen LogP contribution in [0.3, 0.4) is 0 Å². The first-order valence-electron chi connectivity index (χ1n) is 5.61. The first-order valence-corrected chi connectivity index (χ1v) is 5.99. The Morgan fingerprint density at radius 3 is 2.89 bits per heavy atom. The lowest BCUT2D eigenvalue weighted by Crippen LogP contribution is -2.21. The van der Waals surface area contributed by atoms with E-state index in [0.717, 1.165) is 5.56 Å². The fraction of sp³-hybridized carbons (Fsp3) is 0.308. The minimum absolute atomic E-state index is 0.116. The molecule has 0 aliphatic rings. The van der Waals surface area contributed by atoms with Crippen molar-refractivity contribution in [2.45, 2.75) is 6.54 Å². The number of rotatable bonds is 8. The molecule has 1 rings (SSSR count). The Morgan fingerprint density at radius 2 is 2.32 bits per heavy atom. The van der Waals surface area contributed by atoms with Gasteiger partial charge in [-0.15, -0.1) is 0 Å². The van der Waals surface area contributed by atoms with Gasteiger partial charge in [-0.25, -0.2) is 0 Å². The molecule has 0 heterocycles. The van der Waals surface area contributed by atoms with Crippen LogP contribution >= 0.6 is 11.6 Å². The molecule has 1 aromatic carbocycles. The monoisotopic (exact) mass is 285 g/mol. The van der Waals surface area contributed by atoms with Gasteiger partial charge in [-0.3, -0.25) is 4.79 Å². The summed E-state index contributed by atoms with van der Waals surface area (Å²) in [6.07, 6.45) is 1.61. The molecule has 0 amide bonds. The summed E-state index contributed by atoms with van der Waals surface area (Å²) in [7, 11) is 1.51. The third kappa shape index (κ3) is 4.81. The van der Waals surface area contributed by atoms with Crippen LogP contribution in [0.4, 0.5) is 0 Å². The highest BCUT2D eigenvalue weighted by atomic mass is 35.5. The number of halogens is 1. The summed E-state index contributed by atoms with van der Waals surface area (Å²) in [5, 5.41) is 11.7. The van der Waals surface area contributed by atoms with Gasteiger partial charge in [0.05, 0.1) is 18.7 Å². The second kappa shape index (κ2) is 7.66. The maximum absolute atomic E-state index is 10.4. The average Bonchev–Trinajstić information content (AvgIpc) is 2.36. The van der Waals surface area contributed by atoms with Crippen LogP contribution in [-0.2, 0) is 11.3 Å². The summed E-state index contributed by atoms with van der Waals surface area (Å²) >= 11 is 6.11. The van der Waals surface area contributed by atoms with Crippen LogP contribution in [0, 0.1) is 0 Å². The molecule has 0 spiro atoms. The molecular formula is C13H16ClNO4. The average molecular weight is 286 g/mol. The first-order chi connectivity index (χ1) is 9.08. The van der Waals surface area contributed by atoms with Crippen LogP contribution in [-0.4, -0.2) is 31.3 Å². The van der Waals surface area contributed by atoms with E-state index in [1.54, 1.807) is 18.2 Å². The van der Waals surface area contributed by atoms with E-state index in [9.17, 15) is 4.79 Å². The highest BCUT2D eigenvalue weighted by molar-refractivity contribution is 6.32. The maximum Gasteiger partial charge on any atom is 0.317 e. The Hall–Kier alpha value is -1.72. The molecule has 1 aromatic rings. The largest absolute Gasteiger partial charge is 0.493 e. The SMILES string of the molecule is C=CCOc1c(Cl)cc(CNCC(=O)O)cc1OC. The van der Waals surface area contributed by atoms with E-state index in [0.29, 0.717) is 29.7 Å². The van der Waals surface area contributed by atoms with E-state index < -0.39 is 5.97 Å². The minimum atomic E-state index is -0.913. The molecule has 0 aliphatic carbocycles. The number of carbonyl (C=O) groups is 1. The molecule has 0 unspecified atom stereocenters. The topological polar surface area (TPSA) is 67.8 Å². The smallest absolute Gasteiger partial charge is 0.317 e. The molecule has 0 aromatic heterocycles. The highest BCUT2D eigenvalue weighted by Gasteiger charge is 2.11. The molecule has 104 valence electrons. The van der Waals surface area contributed by atoms with E-state index in [-0.39, 0.29) is 6.54 Å². The van der Waals surface area contributed by atoms with Crippen LogP contribution in [0.25, 0.3) is 0 Å². The van der Waals surface area contributed by atoms with Gasteiger partial charge in [0.2, 0.25) is 0 Å². The van der Waals surface area contributed by atoms with Crippen LogP contribution in [0.1, 0.15) is 5.56 Å². The molecule has 0 bridgehead atoms. The standard InChI is InChI=1S/C13H16ClNO4/c1-3-4-19-13-10(14)5-9(6-11(13)18-2)7-15-8-12(16)17/h3,5-6,15H,1,4,7-8H2,2H3,(H,16,17). The van der Waals surface area contributed by atoms with Crippen LogP contribution in [0.5, 0.6) is 11.5 Å². The summed E-state index contributed by atoms with van der Waals surface area (Å²) in [5.41, 5.74) is 0.814. The summed E-state index contributed by atoms with van der Waals surface area (Å²) in [5.74, 6) is 0.0384. The molecule has 0 atom stereocenters. The molecule has 19 heavy (non-hydrogen) atoms. The zero-order valence-electron chi connectivity index (χ0n) is 10.6. The zero-order valence-corrected chi connectivity index (χ0v) is 11.4. The number of carboxylic acids is 1. The van der Waals surface area contributed by atoms with Gasteiger partial charge < -0.3 is 19.9 Å². The third-order valence-corrected chi connectivity index (χ3v) is 2.52. The molecule has 0 saturated carbocycles. The van der Waals surface area contributed by atoms with Crippen molar-refractivity contribution in [3.05, 3.63) is 35.4 Å². The second-order valence-electron chi connectivity index (χ2n) is 3.71. The first kappa shape index (κ1) is 15.3. The van der Waals surface area contributed by atoms with Crippen LogP contribution < -0.4 is 14.8 Å². The molecule has 0 fully saturated rings. The van der Waals surface area contributed by atoms with Gasteiger partial charge in [-0.05, 0) is 17.7 Å². The van der Waals surface area contributed by atoms with Crippen LogP contribution in [0.2, 0.25) is 5.02 Å². The van der Waals surface area contributed by atoms with Crippen molar-refractivity contribution < 1.29 is 19.4 Å². The molecule has 0 saturated heterocycles. The number of hydrogen-bond acceptors (Lipinski definition) is 4. The van der Waals surface area contributed by atoms with Crippen molar-refractivity contribution in [1.29, 1.82) is 0 Å².